The highest BCUT2D eigenvalue weighted by Gasteiger charge is 2.12. The summed E-state index contributed by atoms with van der Waals surface area (Å²) in [7, 11) is 0. The SMILES string of the molecule is CCC[C@H](N=[N+]=[N-])C(=O)O. The van der Waals surface area contributed by atoms with Crippen molar-refractivity contribution in [1.82, 2.24) is 0 Å². The van der Waals surface area contributed by atoms with E-state index in [1.807, 2.05) is 6.92 Å². The monoisotopic (exact) mass is 143 g/mol. The fourth-order valence-corrected chi connectivity index (χ4v) is 0.566. The Morgan fingerprint density at radius 3 is 2.80 bits per heavy atom. The van der Waals surface area contributed by atoms with Crippen LogP contribution in [0.5, 0.6) is 0 Å². The molecule has 0 aromatic heterocycles. The Bertz CT molecular complexity index is 160. The van der Waals surface area contributed by atoms with Crippen LogP contribution < -0.4 is 0 Å². The van der Waals surface area contributed by atoms with Crippen molar-refractivity contribution in [3.05, 3.63) is 10.4 Å². The van der Waals surface area contributed by atoms with E-state index in [-0.39, 0.29) is 0 Å². The lowest BCUT2D eigenvalue weighted by Gasteiger charge is -2.00. The van der Waals surface area contributed by atoms with Crippen molar-refractivity contribution in [3.8, 4) is 0 Å². The highest BCUT2D eigenvalue weighted by molar-refractivity contribution is 5.73. The average Bonchev–Trinajstić information content (AvgIpc) is 1.87. The van der Waals surface area contributed by atoms with Crippen molar-refractivity contribution in [2.24, 2.45) is 5.11 Å². The molecule has 0 rings (SSSR count). The second-order valence-electron chi connectivity index (χ2n) is 1.85. The van der Waals surface area contributed by atoms with Crippen LogP contribution in [-0.2, 0) is 4.79 Å². The maximum Gasteiger partial charge on any atom is 0.312 e. The van der Waals surface area contributed by atoms with Crippen molar-refractivity contribution >= 4 is 5.97 Å². The zero-order valence-corrected chi connectivity index (χ0v) is 5.69. The third kappa shape index (κ3) is 2.94. The number of rotatable bonds is 4. The van der Waals surface area contributed by atoms with E-state index < -0.39 is 12.0 Å². The summed E-state index contributed by atoms with van der Waals surface area (Å²) < 4.78 is 0. The molecular formula is C5H9N3O2. The van der Waals surface area contributed by atoms with E-state index in [9.17, 15) is 4.79 Å². The third-order valence-electron chi connectivity index (χ3n) is 1.04. The van der Waals surface area contributed by atoms with Gasteiger partial charge in [-0.15, -0.1) is 0 Å². The molecule has 10 heavy (non-hydrogen) atoms. The summed E-state index contributed by atoms with van der Waals surface area (Å²) in [4.78, 5) is 12.6. The zero-order chi connectivity index (χ0) is 7.98. The highest BCUT2D eigenvalue weighted by atomic mass is 16.4. The molecule has 0 heterocycles. The second-order valence-corrected chi connectivity index (χ2v) is 1.85. The van der Waals surface area contributed by atoms with Crippen LogP contribution in [0.4, 0.5) is 0 Å². The first kappa shape index (κ1) is 8.78. The summed E-state index contributed by atoms with van der Waals surface area (Å²) in [6.45, 7) is 1.84. The van der Waals surface area contributed by atoms with E-state index in [1.54, 1.807) is 0 Å². The topological polar surface area (TPSA) is 86.1 Å². The molecule has 0 unspecified atom stereocenters. The molecular weight excluding hydrogens is 134 g/mol. The van der Waals surface area contributed by atoms with Crippen LogP contribution in [0.15, 0.2) is 5.11 Å². The minimum Gasteiger partial charge on any atom is -0.481 e. The Balaban J connectivity index is 3.97. The van der Waals surface area contributed by atoms with Crippen LogP contribution in [0.1, 0.15) is 19.8 Å². The summed E-state index contributed by atoms with van der Waals surface area (Å²) in [6, 6.07) is -0.894. The number of nitrogens with zero attached hydrogens (tertiary/aromatic N) is 3. The molecule has 0 aliphatic heterocycles. The van der Waals surface area contributed by atoms with Gasteiger partial charge >= 0.3 is 5.97 Å². The predicted octanol–water partition coefficient (Wildman–Crippen LogP) is 1.55. The molecule has 0 amide bonds. The lowest BCUT2D eigenvalue weighted by atomic mass is 10.2. The summed E-state index contributed by atoms with van der Waals surface area (Å²) in [5.74, 6) is -1.06. The summed E-state index contributed by atoms with van der Waals surface area (Å²) in [5, 5.41) is 11.5. The van der Waals surface area contributed by atoms with E-state index in [1.165, 1.54) is 0 Å². The van der Waals surface area contributed by atoms with Crippen LogP contribution in [0, 0.1) is 0 Å². The number of carboxylic acids is 1. The maximum absolute atomic E-state index is 10.2. The van der Waals surface area contributed by atoms with Gasteiger partial charge in [-0.25, -0.2) is 0 Å². The fraction of sp³-hybridized carbons (Fsp3) is 0.800. The Labute approximate surface area is 58.3 Å². The predicted molar refractivity (Wildman–Crippen MR) is 35.5 cm³/mol. The van der Waals surface area contributed by atoms with Crippen molar-refractivity contribution < 1.29 is 9.90 Å². The molecule has 0 radical (unpaired) electrons. The molecule has 0 saturated carbocycles. The smallest absolute Gasteiger partial charge is 0.312 e. The normalized spacial score (nSPS) is 11.7. The first-order valence-electron chi connectivity index (χ1n) is 2.99. The Morgan fingerprint density at radius 1 is 1.90 bits per heavy atom. The van der Waals surface area contributed by atoms with E-state index in [2.05, 4.69) is 10.0 Å². The number of carbonyl (C=O) groups is 1. The van der Waals surface area contributed by atoms with Gasteiger partial charge in [-0.1, -0.05) is 18.5 Å². The number of aliphatic carboxylic acids is 1. The van der Waals surface area contributed by atoms with Crippen LogP contribution in [0.25, 0.3) is 10.4 Å². The van der Waals surface area contributed by atoms with Gasteiger partial charge in [0, 0.05) is 4.91 Å². The summed E-state index contributed by atoms with van der Waals surface area (Å²) in [5.41, 5.74) is 7.91. The maximum atomic E-state index is 10.2. The van der Waals surface area contributed by atoms with Crippen molar-refractivity contribution in [2.45, 2.75) is 25.8 Å². The van der Waals surface area contributed by atoms with Crippen molar-refractivity contribution in [3.63, 3.8) is 0 Å². The summed E-state index contributed by atoms with van der Waals surface area (Å²) >= 11 is 0. The van der Waals surface area contributed by atoms with E-state index in [4.69, 9.17) is 10.6 Å². The van der Waals surface area contributed by atoms with Crippen LogP contribution >= 0.6 is 0 Å². The molecule has 1 N–H and O–H groups in total. The third-order valence-corrected chi connectivity index (χ3v) is 1.04. The number of carboxylic acid groups (broad SMARTS) is 1. The number of hydrogen-bond acceptors (Lipinski definition) is 2. The van der Waals surface area contributed by atoms with E-state index in [0.717, 1.165) is 0 Å². The second kappa shape index (κ2) is 4.64. The Morgan fingerprint density at radius 2 is 2.50 bits per heavy atom. The summed E-state index contributed by atoms with van der Waals surface area (Å²) in [6.07, 6.45) is 1.11. The molecule has 56 valence electrons. The lowest BCUT2D eigenvalue weighted by Crippen LogP contribution is -2.16. The van der Waals surface area contributed by atoms with Gasteiger partial charge in [0.05, 0.1) is 0 Å². The number of azide groups is 1. The van der Waals surface area contributed by atoms with Gasteiger partial charge in [-0.2, -0.15) is 0 Å². The molecule has 0 aromatic carbocycles. The molecule has 0 bridgehead atoms. The van der Waals surface area contributed by atoms with E-state index in [0.29, 0.717) is 12.8 Å². The Hall–Kier alpha value is -1.22. The zero-order valence-electron chi connectivity index (χ0n) is 5.69. The molecule has 5 nitrogen and oxygen atoms in total. The van der Waals surface area contributed by atoms with Gasteiger partial charge in [-0.05, 0) is 12.0 Å². The molecule has 5 heteroatoms. The van der Waals surface area contributed by atoms with Crippen LogP contribution in [0.2, 0.25) is 0 Å². The molecule has 0 fully saturated rings. The van der Waals surface area contributed by atoms with Gasteiger partial charge in [-0.3, -0.25) is 4.79 Å². The average molecular weight is 143 g/mol. The molecule has 0 spiro atoms. The lowest BCUT2D eigenvalue weighted by molar-refractivity contribution is -0.138. The van der Waals surface area contributed by atoms with Crippen molar-refractivity contribution in [1.29, 1.82) is 0 Å². The van der Waals surface area contributed by atoms with Crippen molar-refractivity contribution in [2.75, 3.05) is 0 Å². The first-order chi connectivity index (χ1) is 4.72. The van der Waals surface area contributed by atoms with Crippen LogP contribution in [0.3, 0.4) is 0 Å². The molecule has 0 aliphatic rings. The quantitative estimate of drug-likeness (QED) is 0.367. The number of hydrogen-bond donors (Lipinski definition) is 1. The van der Waals surface area contributed by atoms with Gasteiger partial charge in [0.2, 0.25) is 0 Å². The highest BCUT2D eigenvalue weighted by Crippen LogP contribution is 2.01. The minimum atomic E-state index is -1.06. The molecule has 0 aliphatic carbocycles. The van der Waals surface area contributed by atoms with Gasteiger partial charge in [0.25, 0.3) is 0 Å². The van der Waals surface area contributed by atoms with Gasteiger partial charge in [0.1, 0.15) is 6.04 Å². The van der Waals surface area contributed by atoms with Gasteiger partial charge in [0.15, 0.2) is 0 Å². The van der Waals surface area contributed by atoms with Crippen LogP contribution in [-0.4, -0.2) is 17.1 Å². The standard InChI is InChI=1S/C5H9N3O2/c1-2-3-4(5(9)10)7-8-6/h4H,2-3H2,1H3,(H,9,10)/t4-/m0/s1. The Kier molecular flexibility index (Phi) is 4.07. The fourth-order valence-electron chi connectivity index (χ4n) is 0.566. The molecule has 1 atom stereocenters. The largest absolute Gasteiger partial charge is 0.481 e. The molecule has 0 saturated heterocycles. The minimum absolute atomic E-state index is 0.402. The molecule has 0 aromatic rings. The first-order valence-corrected chi connectivity index (χ1v) is 2.99. The van der Waals surface area contributed by atoms with Gasteiger partial charge < -0.3 is 5.11 Å². The van der Waals surface area contributed by atoms with E-state index >= 15 is 0 Å².